The molecule has 1 aromatic carbocycles. The Morgan fingerprint density at radius 2 is 1.96 bits per heavy atom. The van der Waals surface area contributed by atoms with Crippen LogP contribution < -0.4 is 5.32 Å². The number of aromatic nitrogens is 2. The fraction of sp³-hybridized carbons (Fsp3) is 0.286. The van der Waals surface area contributed by atoms with E-state index in [0.29, 0.717) is 30.5 Å². The van der Waals surface area contributed by atoms with E-state index in [4.69, 9.17) is 20.9 Å². The van der Waals surface area contributed by atoms with Gasteiger partial charge in [0, 0.05) is 54.2 Å². The van der Waals surface area contributed by atoms with Crippen molar-refractivity contribution in [3.8, 4) is 11.3 Å². The summed E-state index contributed by atoms with van der Waals surface area (Å²) in [4.78, 5) is 16.7. The van der Waals surface area contributed by atoms with E-state index >= 15 is 0 Å². The number of pyridine rings is 1. The monoisotopic (exact) mass is 397 g/mol. The quantitative estimate of drug-likeness (QED) is 0.707. The maximum Gasteiger partial charge on any atom is 0.273 e. The number of nitrogens with zero attached hydrogens (tertiary/aromatic N) is 2. The number of amides is 1. The van der Waals surface area contributed by atoms with Gasteiger partial charge in [0.1, 0.15) is 0 Å². The number of nitrogens with one attached hydrogen (secondary N) is 1. The van der Waals surface area contributed by atoms with Crippen LogP contribution in [-0.4, -0.2) is 35.8 Å². The van der Waals surface area contributed by atoms with Gasteiger partial charge >= 0.3 is 0 Å². The molecule has 3 aromatic rings. The number of carbonyl (C=O) groups excluding carboxylic acids is 1. The van der Waals surface area contributed by atoms with Crippen molar-refractivity contribution in [1.29, 1.82) is 0 Å². The van der Waals surface area contributed by atoms with Crippen LogP contribution in [0, 0.1) is 0 Å². The minimum Gasteiger partial charge on any atom is -0.381 e. The molecule has 0 unspecified atom stereocenters. The summed E-state index contributed by atoms with van der Waals surface area (Å²) in [5, 5.41) is 7.62. The Balaban J connectivity index is 1.49. The van der Waals surface area contributed by atoms with Crippen molar-refractivity contribution in [1.82, 2.24) is 15.5 Å². The molecule has 3 heterocycles. The van der Waals surface area contributed by atoms with Gasteiger partial charge in [-0.05, 0) is 42.7 Å². The fourth-order valence-corrected chi connectivity index (χ4v) is 3.63. The van der Waals surface area contributed by atoms with Crippen LogP contribution in [0.15, 0.2) is 59.4 Å². The summed E-state index contributed by atoms with van der Waals surface area (Å²) in [6, 6.07) is 13.1. The Kier molecular flexibility index (Phi) is 5.41. The molecule has 144 valence electrons. The average Bonchev–Trinajstić information content (AvgIpc) is 3.24. The lowest BCUT2D eigenvalue weighted by molar-refractivity contribution is 0.0486. The van der Waals surface area contributed by atoms with E-state index in [1.807, 2.05) is 30.3 Å². The Labute approximate surface area is 167 Å². The number of benzene rings is 1. The predicted molar refractivity (Wildman–Crippen MR) is 105 cm³/mol. The highest BCUT2D eigenvalue weighted by Crippen LogP contribution is 2.35. The molecule has 2 aromatic heterocycles. The van der Waals surface area contributed by atoms with Gasteiger partial charge in [-0.3, -0.25) is 9.78 Å². The maximum absolute atomic E-state index is 12.7. The van der Waals surface area contributed by atoms with Gasteiger partial charge in [0.15, 0.2) is 11.5 Å². The average molecular weight is 398 g/mol. The molecule has 28 heavy (non-hydrogen) atoms. The Morgan fingerprint density at radius 3 is 2.68 bits per heavy atom. The first-order valence-electron chi connectivity index (χ1n) is 9.15. The zero-order chi connectivity index (χ0) is 19.4. The van der Waals surface area contributed by atoms with E-state index in [9.17, 15) is 4.79 Å². The number of carbonyl (C=O) groups is 1. The Morgan fingerprint density at radius 1 is 1.18 bits per heavy atom. The topological polar surface area (TPSA) is 77.2 Å². The van der Waals surface area contributed by atoms with Crippen LogP contribution in [0.4, 0.5) is 0 Å². The minimum absolute atomic E-state index is 0.186. The van der Waals surface area contributed by atoms with Crippen LogP contribution in [-0.2, 0) is 10.2 Å². The summed E-state index contributed by atoms with van der Waals surface area (Å²) in [6.07, 6.45) is 5.00. The molecule has 0 saturated carbocycles. The number of rotatable bonds is 5. The van der Waals surface area contributed by atoms with Gasteiger partial charge < -0.3 is 14.6 Å². The lowest BCUT2D eigenvalue weighted by atomic mass is 9.74. The van der Waals surface area contributed by atoms with E-state index in [0.717, 1.165) is 24.0 Å². The van der Waals surface area contributed by atoms with E-state index < -0.39 is 0 Å². The predicted octanol–water partition coefficient (Wildman–Crippen LogP) is 3.87. The van der Waals surface area contributed by atoms with E-state index in [-0.39, 0.29) is 17.0 Å². The molecule has 0 atom stereocenters. The number of halogens is 1. The standard InChI is InChI=1S/C21H20ClN3O3/c22-17-5-3-16(4-6-17)21(7-10-27-11-8-21)14-24-20(26)18-12-19(28-25-18)15-2-1-9-23-13-15/h1-6,9,12-13H,7-8,10-11,14H2,(H,24,26). The molecule has 1 aliphatic rings. The molecule has 0 spiro atoms. The summed E-state index contributed by atoms with van der Waals surface area (Å²) in [5.74, 6) is 0.246. The lowest BCUT2D eigenvalue weighted by Crippen LogP contribution is -2.44. The van der Waals surface area contributed by atoms with Crippen molar-refractivity contribution in [3.05, 3.63) is 71.1 Å². The summed E-state index contributed by atoms with van der Waals surface area (Å²) >= 11 is 6.04. The summed E-state index contributed by atoms with van der Waals surface area (Å²) in [7, 11) is 0. The maximum atomic E-state index is 12.7. The third-order valence-corrected chi connectivity index (χ3v) is 5.43. The number of hydrogen-bond acceptors (Lipinski definition) is 5. The molecular weight excluding hydrogens is 378 g/mol. The third kappa shape index (κ3) is 3.93. The van der Waals surface area contributed by atoms with Crippen molar-refractivity contribution in [2.75, 3.05) is 19.8 Å². The highest BCUT2D eigenvalue weighted by atomic mass is 35.5. The summed E-state index contributed by atoms with van der Waals surface area (Å²) < 4.78 is 10.8. The van der Waals surface area contributed by atoms with Crippen LogP contribution in [0.2, 0.25) is 5.02 Å². The molecule has 0 aliphatic carbocycles. The van der Waals surface area contributed by atoms with Crippen LogP contribution in [0.25, 0.3) is 11.3 Å². The van der Waals surface area contributed by atoms with Gasteiger partial charge in [0.25, 0.3) is 5.91 Å². The summed E-state index contributed by atoms with van der Waals surface area (Å²) in [6.45, 7) is 1.81. The van der Waals surface area contributed by atoms with Crippen LogP contribution >= 0.6 is 11.6 Å². The van der Waals surface area contributed by atoms with Crippen molar-refractivity contribution in [2.24, 2.45) is 0 Å². The first-order chi connectivity index (χ1) is 13.7. The van der Waals surface area contributed by atoms with E-state index in [1.54, 1.807) is 24.5 Å². The van der Waals surface area contributed by atoms with E-state index in [2.05, 4.69) is 15.5 Å². The normalized spacial score (nSPS) is 15.9. The highest BCUT2D eigenvalue weighted by molar-refractivity contribution is 6.30. The fourth-order valence-electron chi connectivity index (χ4n) is 3.50. The minimum atomic E-state index is -0.265. The molecular formula is C21H20ClN3O3. The zero-order valence-corrected chi connectivity index (χ0v) is 16.0. The smallest absolute Gasteiger partial charge is 0.273 e. The van der Waals surface area contributed by atoms with Gasteiger partial charge in [-0.15, -0.1) is 0 Å². The highest BCUT2D eigenvalue weighted by Gasteiger charge is 2.35. The molecule has 7 heteroatoms. The Hall–Kier alpha value is -2.70. The summed E-state index contributed by atoms with van der Waals surface area (Å²) in [5.41, 5.74) is 1.99. The molecule has 1 aliphatic heterocycles. The van der Waals surface area contributed by atoms with Crippen molar-refractivity contribution in [2.45, 2.75) is 18.3 Å². The number of ether oxygens (including phenoxy) is 1. The molecule has 1 amide bonds. The molecule has 4 rings (SSSR count). The second-order valence-corrected chi connectivity index (χ2v) is 7.34. The van der Waals surface area contributed by atoms with Crippen LogP contribution in [0.3, 0.4) is 0 Å². The van der Waals surface area contributed by atoms with Gasteiger partial charge in [0.2, 0.25) is 0 Å². The molecule has 1 N–H and O–H groups in total. The van der Waals surface area contributed by atoms with Crippen LogP contribution in [0.5, 0.6) is 0 Å². The van der Waals surface area contributed by atoms with Gasteiger partial charge in [-0.1, -0.05) is 28.9 Å². The largest absolute Gasteiger partial charge is 0.381 e. The number of hydrogen-bond donors (Lipinski definition) is 1. The SMILES string of the molecule is O=C(NCC1(c2ccc(Cl)cc2)CCOCC1)c1cc(-c2cccnc2)on1. The van der Waals surface area contributed by atoms with Gasteiger partial charge in [-0.2, -0.15) is 0 Å². The second kappa shape index (κ2) is 8.12. The molecule has 1 saturated heterocycles. The van der Waals surface area contributed by atoms with Gasteiger partial charge in [-0.25, -0.2) is 0 Å². The molecule has 0 radical (unpaired) electrons. The zero-order valence-electron chi connectivity index (χ0n) is 15.2. The molecule has 6 nitrogen and oxygen atoms in total. The Bertz CT molecular complexity index is 935. The van der Waals surface area contributed by atoms with Crippen molar-refractivity contribution < 1.29 is 14.1 Å². The third-order valence-electron chi connectivity index (χ3n) is 5.18. The van der Waals surface area contributed by atoms with Crippen LogP contribution in [0.1, 0.15) is 28.9 Å². The molecule has 0 bridgehead atoms. The molecule has 1 fully saturated rings. The van der Waals surface area contributed by atoms with Crippen molar-refractivity contribution in [3.63, 3.8) is 0 Å². The van der Waals surface area contributed by atoms with E-state index in [1.165, 1.54) is 0 Å². The first kappa shape index (κ1) is 18.7. The van der Waals surface area contributed by atoms with Gasteiger partial charge in [0.05, 0.1) is 0 Å². The second-order valence-electron chi connectivity index (χ2n) is 6.90. The lowest BCUT2D eigenvalue weighted by Gasteiger charge is -2.38. The first-order valence-corrected chi connectivity index (χ1v) is 9.53. The van der Waals surface area contributed by atoms with Crippen molar-refractivity contribution >= 4 is 17.5 Å².